The summed E-state index contributed by atoms with van der Waals surface area (Å²) in [7, 11) is 1.35. The first kappa shape index (κ1) is 29.2. The number of unbranched alkanes of at least 4 members (excludes halogenated alkanes) is 6. The SMILES string of the molecule is CCC/C=C/C/C=C/CCCCCCCc1cccc(OCC)c1C1NC(=O)NC(C)=C1C(=O)OC. The zero-order chi connectivity index (χ0) is 26.2. The van der Waals surface area contributed by atoms with E-state index in [1.165, 1.54) is 39.2 Å². The normalized spacial score (nSPS) is 15.9. The molecule has 1 unspecified atom stereocenters. The van der Waals surface area contributed by atoms with Crippen molar-refractivity contribution in [2.24, 2.45) is 0 Å². The Hall–Kier alpha value is -3.02. The molecule has 0 fully saturated rings. The Labute approximate surface area is 217 Å². The summed E-state index contributed by atoms with van der Waals surface area (Å²) in [6.07, 6.45) is 20.3. The van der Waals surface area contributed by atoms with Crippen LogP contribution < -0.4 is 15.4 Å². The number of benzene rings is 1. The smallest absolute Gasteiger partial charge is 0.337 e. The summed E-state index contributed by atoms with van der Waals surface area (Å²) >= 11 is 0. The van der Waals surface area contributed by atoms with E-state index in [1.54, 1.807) is 6.92 Å². The maximum absolute atomic E-state index is 12.6. The highest BCUT2D eigenvalue weighted by Gasteiger charge is 2.35. The van der Waals surface area contributed by atoms with Gasteiger partial charge < -0.3 is 20.1 Å². The van der Waals surface area contributed by atoms with Gasteiger partial charge in [-0.2, -0.15) is 0 Å². The lowest BCUT2D eigenvalue weighted by molar-refractivity contribution is -0.136. The fourth-order valence-corrected chi connectivity index (χ4v) is 4.49. The van der Waals surface area contributed by atoms with Crippen molar-refractivity contribution in [3.63, 3.8) is 0 Å². The van der Waals surface area contributed by atoms with Gasteiger partial charge in [-0.25, -0.2) is 9.59 Å². The molecule has 1 aromatic rings. The van der Waals surface area contributed by atoms with Gasteiger partial charge in [0.05, 0.1) is 25.3 Å². The number of methoxy groups -OCH3 is 1. The van der Waals surface area contributed by atoms with Crippen LogP contribution in [0.25, 0.3) is 0 Å². The minimum absolute atomic E-state index is 0.339. The third kappa shape index (κ3) is 9.21. The second kappa shape index (κ2) is 16.6. The topological polar surface area (TPSA) is 76.7 Å². The number of carbonyl (C=O) groups excluding carboxylic acids is 2. The minimum atomic E-state index is -0.618. The molecule has 198 valence electrons. The number of rotatable bonds is 16. The largest absolute Gasteiger partial charge is 0.493 e. The van der Waals surface area contributed by atoms with E-state index < -0.39 is 12.0 Å². The molecule has 0 bridgehead atoms. The predicted molar refractivity (Wildman–Crippen MR) is 146 cm³/mol. The molecule has 6 heteroatoms. The maximum Gasteiger partial charge on any atom is 0.337 e. The van der Waals surface area contributed by atoms with Gasteiger partial charge in [0.1, 0.15) is 5.75 Å². The number of ether oxygens (including phenoxy) is 2. The summed E-state index contributed by atoms with van der Waals surface area (Å²) in [5, 5.41) is 5.61. The highest BCUT2D eigenvalue weighted by Crippen LogP contribution is 2.37. The van der Waals surface area contributed by atoms with Crippen molar-refractivity contribution >= 4 is 12.0 Å². The Morgan fingerprint density at radius 2 is 1.72 bits per heavy atom. The lowest BCUT2D eigenvalue weighted by atomic mass is 9.89. The van der Waals surface area contributed by atoms with Crippen LogP contribution in [-0.2, 0) is 16.0 Å². The highest BCUT2D eigenvalue weighted by atomic mass is 16.5. The van der Waals surface area contributed by atoms with Crippen molar-refractivity contribution in [1.29, 1.82) is 0 Å². The van der Waals surface area contributed by atoms with Gasteiger partial charge in [0.15, 0.2) is 0 Å². The lowest BCUT2D eigenvalue weighted by Crippen LogP contribution is -2.45. The molecule has 0 saturated heterocycles. The van der Waals surface area contributed by atoms with Crippen molar-refractivity contribution in [3.05, 3.63) is 64.9 Å². The maximum atomic E-state index is 12.6. The van der Waals surface area contributed by atoms with E-state index in [2.05, 4.69) is 47.9 Å². The summed E-state index contributed by atoms with van der Waals surface area (Å²) < 4.78 is 11.0. The second-order valence-electron chi connectivity index (χ2n) is 9.10. The van der Waals surface area contributed by atoms with Crippen molar-refractivity contribution in [2.75, 3.05) is 13.7 Å². The molecular weight excluding hydrogens is 452 g/mol. The summed E-state index contributed by atoms with van der Waals surface area (Å²) in [6, 6.07) is 4.98. The van der Waals surface area contributed by atoms with E-state index in [4.69, 9.17) is 9.47 Å². The van der Waals surface area contributed by atoms with Crippen molar-refractivity contribution < 1.29 is 19.1 Å². The second-order valence-corrected chi connectivity index (χ2v) is 9.10. The first-order chi connectivity index (χ1) is 17.5. The standard InChI is InChI=1S/C30H44N2O4/c1-5-7-8-9-10-11-12-13-14-15-16-17-18-20-24-21-19-22-25(36-6-2)27(24)28-26(29(33)35-4)23(3)31-30(34)32-28/h8-9,11-12,19,21-22,28H,5-7,10,13-18,20H2,1-4H3,(H2,31,32,34)/b9-8+,12-11+. The summed E-state index contributed by atoms with van der Waals surface area (Å²) in [5.74, 6) is 0.223. The molecule has 1 aromatic carbocycles. The molecular formula is C30H44N2O4. The number of nitrogens with one attached hydrogen (secondary N) is 2. The number of hydrogen-bond acceptors (Lipinski definition) is 4. The van der Waals surface area contributed by atoms with Gasteiger partial charge in [-0.15, -0.1) is 0 Å². The van der Waals surface area contributed by atoms with Gasteiger partial charge in [0, 0.05) is 11.3 Å². The summed E-state index contributed by atoms with van der Waals surface area (Å²) in [5.41, 5.74) is 2.83. The van der Waals surface area contributed by atoms with Gasteiger partial charge in [-0.1, -0.05) is 69.0 Å². The number of allylic oxidation sites excluding steroid dienone is 5. The molecule has 6 nitrogen and oxygen atoms in total. The average molecular weight is 497 g/mol. The number of urea groups is 1. The van der Waals surface area contributed by atoms with E-state index in [0.29, 0.717) is 23.6 Å². The molecule has 0 aromatic heterocycles. The van der Waals surface area contributed by atoms with Crippen LogP contribution in [0, 0.1) is 0 Å². The molecule has 1 aliphatic heterocycles. The third-order valence-corrected chi connectivity index (χ3v) is 6.30. The van der Waals surface area contributed by atoms with Crippen molar-refractivity contribution in [1.82, 2.24) is 10.6 Å². The molecule has 0 saturated carbocycles. The number of amides is 2. The van der Waals surface area contributed by atoms with Gasteiger partial charge in [0.2, 0.25) is 0 Å². The lowest BCUT2D eigenvalue weighted by Gasteiger charge is -2.30. The Morgan fingerprint density at radius 1 is 1.00 bits per heavy atom. The van der Waals surface area contributed by atoms with Gasteiger partial charge in [-0.3, -0.25) is 0 Å². The number of hydrogen-bond donors (Lipinski definition) is 2. The molecule has 1 aliphatic rings. The van der Waals surface area contributed by atoms with Crippen LogP contribution in [0.2, 0.25) is 0 Å². The van der Waals surface area contributed by atoms with Gasteiger partial charge >= 0.3 is 12.0 Å². The first-order valence-corrected chi connectivity index (χ1v) is 13.4. The van der Waals surface area contributed by atoms with E-state index in [9.17, 15) is 9.59 Å². The van der Waals surface area contributed by atoms with E-state index in [1.807, 2.05) is 19.1 Å². The average Bonchev–Trinajstić information content (AvgIpc) is 2.86. The molecule has 36 heavy (non-hydrogen) atoms. The van der Waals surface area contributed by atoms with Crippen LogP contribution in [0.4, 0.5) is 4.79 Å². The van der Waals surface area contributed by atoms with Crippen LogP contribution in [0.3, 0.4) is 0 Å². The molecule has 0 aliphatic carbocycles. The molecule has 1 heterocycles. The van der Waals surface area contributed by atoms with Crippen LogP contribution >= 0.6 is 0 Å². The van der Waals surface area contributed by atoms with Crippen LogP contribution in [-0.4, -0.2) is 25.7 Å². The van der Waals surface area contributed by atoms with Gasteiger partial charge in [0.25, 0.3) is 0 Å². The Morgan fingerprint density at radius 3 is 2.44 bits per heavy atom. The predicted octanol–water partition coefficient (Wildman–Crippen LogP) is 7.07. The molecule has 2 rings (SSSR count). The van der Waals surface area contributed by atoms with Crippen LogP contribution in [0.1, 0.15) is 95.7 Å². The van der Waals surface area contributed by atoms with Crippen molar-refractivity contribution in [3.8, 4) is 5.75 Å². The number of aryl methyl sites for hydroxylation is 1. The zero-order valence-corrected chi connectivity index (χ0v) is 22.5. The quantitative estimate of drug-likeness (QED) is 0.146. The summed E-state index contributed by atoms with van der Waals surface area (Å²) in [6.45, 7) is 6.34. The van der Waals surface area contributed by atoms with Crippen molar-refractivity contribution in [2.45, 2.75) is 91.0 Å². The highest BCUT2D eigenvalue weighted by molar-refractivity contribution is 5.95. The molecule has 2 N–H and O–H groups in total. The molecule has 0 radical (unpaired) electrons. The number of esters is 1. The van der Waals surface area contributed by atoms with E-state index in [-0.39, 0.29) is 6.03 Å². The number of carbonyl (C=O) groups is 2. The molecule has 0 spiro atoms. The Bertz CT molecular complexity index is 933. The minimum Gasteiger partial charge on any atom is -0.493 e. The molecule has 1 atom stereocenters. The Kier molecular flexibility index (Phi) is 13.5. The van der Waals surface area contributed by atoms with Gasteiger partial charge in [-0.05, 0) is 64.0 Å². The van der Waals surface area contributed by atoms with E-state index >= 15 is 0 Å². The molecule has 2 amide bonds. The summed E-state index contributed by atoms with van der Waals surface area (Å²) in [4.78, 5) is 24.9. The zero-order valence-electron chi connectivity index (χ0n) is 22.5. The fraction of sp³-hybridized carbons (Fsp3) is 0.533. The fourth-order valence-electron chi connectivity index (χ4n) is 4.49. The van der Waals surface area contributed by atoms with Crippen LogP contribution in [0.15, 0.2) is 53.8 Å². The first-order valence-electron chi connectivity index (χ1n) is 13.4. The monoisotopic (exact) mass is 496 g/mol. The van der Waals surface area contributed by atoms with Crippen LogP contribution in [0.5, 0.6) is 5.75 Å². The Balaban J connectivity index is 1.97. The third-order valence-electron chi connectivity index (χ3n) is 6.30. The van der Waals surface area contributed by atoms with E-state index in [0.717, 1.165) is 43.2 Å².